The van der Waals surface area contributed by atoms with E-state index in [2.05, 4.69) is 15.0 Å². The summed E-state index contributed by atoms with van der Waals surface area (Å²) in [5, 5.41) is 20.9. The Morgan fingerprint density at radius 1 is 1.10 bits per heavy atom. The molecule has 0 aliphatic rings. The van der Waals surface area contributed by atoms with Crippen LogP contribution in [0, 0.1) is 5.82 Å². The number of carbonyl (C=O) groups excluding carboxylic acids is 2. The highest BCUT2D eigenvalue weighted by Crippen LogP contribution is 2.37. The van der Waals surface area contributed by atoms with Crippen molar-refractivity contribution in [2.45, 2.75) is 12.3 Å². The number of hydrogen-bond donors (Lipinski definition) is 3. The van der Waals surface area contributed by atoms with Gasteiger partial charge in [0.2, 0.25) is 0 Å². The number of alkyl halides is 3. The number of pyridine rings is 1. The minimum atomic E-state index is -5.41. The first-order valence-electron chi connectivity index (χ1n) is 12.3. The molecule has 0 bridgehead atoms. The normalized spacial score (nSPS) is 12.0. The number of rotatable bonds is 14. The third kappa shape index (κ3) is 9.27. The molecule has 0 saturated carbocycles. The monoisotopic (exact) mass is 615 g/mol. The van der Waals surface area contributed by atoms with Crippen LogP contribution in [-0.2, 0) is 9.53 Å². The van der Waals surface area contributed by atoms with Crippen molar-refractivity contribution in [2.24, 2.45) is 0 Å². The van der Waals surface area contributed by atoms with E-state index in [-0.39, 0.29) is 44.3 Å². The zero-order valence-corrected chi connectivity index (χ0v) is 22.6. The van der Waals surface area contributed by atoms with E-state index in [0.29, 0.717) is 0 Å². The molecule has 1 amide bonds. The first-order valence-corrected chi connectivity index (χ1v) is 12.7. The summed E-state index contributed by atoms with van der Waals surface area (Å²) in [6.45, 7) is -1.25. The number of hydrogen-bond acceptors (Lipinski definition) is 9. The van der Waals surface area contributed by atoms with E-state index in [9.17, 15) is 32.3 Å². The van der Waals surface area contributed by atoms with Crippen molar-refractivity contribution in [3.05, 3.63) is 77.3 Å². The fourth-order valence-electron chi connectivity index (χ4n) is 3.47. The van der Waals surface area contributed by atoms with Gasteiger partial charge in [-0.05, 0) is 30.3 Å². The molecule has 3 aromatic rings. The Balaban J connectivity index is 1.93. The number of amides is 1. The molecule has 3 rings (SSSR count). The van der Waals surface area contributed by atoms with Crippen LogP contribution < -0.4 is 19.7 Å². The number of benzene rings is 2. The predicted octanol–water partition coefficient (Wildman–Crippen LogP) is 3.85. The minimum absolute atomic E-state index is 0.0199. The summed E-state index contributed by atoms with van der Waals surface area (Å²) in [4.78, 5) is 30.2. The molecule has 1 heterocycles. The first kappa shape index (κ1) is 32.5. The number of nitrogens with zero attached hydrogens (tertiary/aromatic N) is 2. The standard InChI is InChI=1S/C27H26ClF4N3O7/c28-21-14-19(41-11-9-34-17-5-7-33-8-6-17)13-20(24(21)42-26(39)27(30,31)32)25(38)35(10-12-40-16-18(37)15-36)23-4-2-1-3-22(23)29/h1-8,13-14,18,36-37H,9-12,15-16H2,(H,33,34). The van der Waals surface area contributed by atoms with E-state index in [4.69, 9.17) is 26.2 Å². The molecule has 0 saturated heterocycles. The largest absolute Gasteiger partial charge is 0.492 e. The van der Waals surface area contributed by atoms with Crippen LogP contribution in [0.3, 0.4) is 0 Å². The Bertz CT molecular complexity index is 1350. The molecular formula is C27H26ClF4N3O7. The number of ether oxygens (including phenoxy) is 3. The highest BCUT2D eigenvalue weighted by Gasteiger charge is 2.42. The zero-order chi connectivity index (χ0) is 30.7. The van der Waals surface area contributed by atoms with Gasteiger partial charge in [-0.25, -0.2) is 9.18 Å². The van der Waals surface area contributed by atoms with E-state index in [1.807, 2.05) is 0 Å². The van der Waals surface area contributed by atoms with Crippen molar-refractivity contribution in [2.75, 3.05) is 49.7 Å². The molecule has 3 N–H and O–H groups in total. The summed E-state index contributed by atoms with van der Waals surface area (Å²) in [6.07, 6.45) is -3.48. The van der Waals surface area contributed by atoms with Crippen LogP contribution in [0.5, 0.6) is 11.5 Å². The van der Waals surface area contributed by atoms with Gasteiger partial charge in [-0.2, -0.15) is 13.2 Å². The number of aliphatic hydroxyl groups excluding tert-OH is 2. The second-order valence-electron chi connectivity index (χ2n) is 8.50. The number of aromatic nitrogens is 1. The molecule has 1 atom stereocenters. The maximum Gasteiger partial charge on any atom is 0.491 e. The van der Waals surface area contributed by atoms with E-state index >= 15 is 0 Å². The third-order valence-corrected chi connectivity index (χ3v) is 5.70. The van der Waals surface area contributed by atoms with Gasteiger partial charge >= 0.3 is 12.1 Å². The molecule has 0 fully saturated rings. The molecule has 0 radical (unpaired) electrons. The lowest BCUT2D eigenvalue weighted by Crippen LogP contribution is -2.36. The topological polar surface area (TPSA) is 130 Å². The second-order valence-corrected chi connectivity index (χ2v) is 8.91. The molecular weight excluding hydrogens is 590 g/mol. The van der Waals surface area contributed by atoms with Gasteiger partial charge < -0.3 is 34.6 Å². The van der Waals surface area contributed by atoms with E-state index < -0.39 is 52.9 Å². The van der Waals surface area contributed by atoms with Crippen LogP contribution in [0.2, 0.25) is 5.02 Å². The summed E-state index contributed by atoms with van der Waals surface area (Å²) in [7, 11) is 0. The van der Waals surface area contributed by atoms with Crippen LogP contribution in [0.25, 0.3) is 0 Å². The maximum atomic E-state index is 14.8. The van der Waals surface area contributed by atoms with Crippen LogP contribution in [0.15, 0.2) is 60.9 Å². The fourth-order valence-corrected chi connectivity index (χ4v) is 3.72. The summed E-state index contributed by atoms with van der Waals surface area (Å²) < 4.78 is 69.3. The SMILES string of the molecule is O=C(c1cc(OCCNc2ccncc2)cc(Cl)c1OC(=O)C(F)(F)F)N(CCOCC(O)CO)c1ccccc1F. The Morgan fingerprint density at radius 2 is 1.81 bits per heavy atom. The number of para-hydroxylation sites is 1. The molecule has 0 spiro atoms. The van der Waals surface area contributed by atoms with Crippen molar-refractivity contribution < 1.29 is 51.6 Å². The summed E-state index contributed by atoms with van der Waals surface area (Å²) >= 11 is 6.17. The molecule has 0 aliphatic carbocycles. The highest BCUT2D eigenvalue weighted by atomic mass is 35.5. The van der Waals surface area contributed by atoms with Gasteiger partial charge in [0.15, 0.2) is 5.75 Å². The van der Waals surface area contributed by atoms with Gasteiger partial charge in [-0.3, -0.25) is 9.78 Å². The lowest BCUT2D eigenvalue weighted by atomic mass is 10.1. The average molecular weight is 616 g/mol. The van der Waals surface area contributed by atoms with Crippen LogP contribution in [0.1, 0.15) is 10.4 Å². The van der Waals surface area contributed by atoms with Crippen molar-refractivity contribution in [3.63, 3.8) is 0 Å². The van der Waals surface area contributed by atoms with Crippen molar-refractivity contribution >= 4 is 34.9 Å². The molecule has 10 nitrogen and oxygen atoms in total. The highest BCUT2D eigenvalue weighted by molar-refractivity contribution is 6.33. The quantitative estimate of drug-likeness (QED) is 0.107. The van der Waals surface area contributed by atoms with Crippen LogP contribution in [0.4, 0.5) is 28.9 Å². The lowest BCUT2D eigenvalue weighted by molar-refractivity contribution is -0.189. The number of aliphatic hydroxyl groups is 2. The Morgan fingerprint density at radius 3 is 2.48 bits per heavy atom. The van der Waals surface area contributed by atoms with Crippen LogP contribution >= 0.6 is 11.6 Å². The number of carbonyl (C=O) groups is 2. The number of halogens is 5. The van der Waals surface area contributed by atoms with Gasteiger partial charge in [-0.15, -0.1) is 0 Å². The van der Waals surface area contributed by atoms with Gasteiger partial charge in [0.05, 0.1) is 36.1 Å². The second kappa shape index (κ2) is 15.3. The van der Waals surface area contributed by atoms with Crippen molar-refractivity contribution in [3.8, 4) is 11.5 Å². The van der Waals surface area contributed by atoms with Crippen molar-refractivity contribution in [1.29, 1.82) is 0 Å². The zero-order valence-electron chi connectivity index (χ0n) is 21.8. The molecule has 42 heavy (non-hydrogen) atoms. The predicted molar refractivity (Wildman–Crippen MR) is 143 cm³/mol. The summed E-state index contributed by atoms with van der Waals surface area (Å²) in [6, 6.07) is 10.6. The lowest BCUT2D eigenvalue weighted by Gasteiger charge is -2.25. The van der Waals surface area contributed by atoms with E-state index in [0.717, 1.165) is 28.8 Å². The van der Waals surface area contributed by atoms with Crippen molar-refractivity contribution in [1.82, 2.24) is 4.98 Å². The molecule has 2 aromatic carbocycles. The Hall–Kier alpha value is -3.98. The molecule has 226 valence electrons. The summed E-state index contributed by atoms with van der Waals surface area (Å²) in [5.41, 5.74) is -0.159. The average Bonchev–Trinajstić information content (AvgIpc) is 2.96. The third-order valence-electron chi connectivity index (χ3n) is 5.42. The van der Waals surface area contributed by atoms with E-state index in [1.165, 1.54) is 18.2 Å². The molecule has 0 aliphatic heterocycles. The number of esters is 1. The smallest absolute Gasteiger partial charge is 0.491 e. The fraction of sp³-hybridized carbons (Fsp3) is 0.296. The Kier molecular flexibility index (Phi) is 11.9. The summed E-state index contributed by atoms with van der Waals surface area (Å²) in [5.74, 6) is -5.55. The maximum absolute atomic E-state index is 14.8. The van der Waals surface area contributed by atoms with Gasteiger partial charge in [0, 0.05) is 37.2 Å². The molecule has 1 aromatic heterocycles. The first-order chi connectivity index (χ1) is 20.0. The Labute approximate surface area is 242 Å². The number of nitrogens with one attached hydrogen (secondary N) is 1. The van der Waals surface area contributed by atoms with Gasteiger partial charge in [-0.1, -0.05) is 23.7 Å². The molecule has 1 unspecified atom stereocenters. The van der Waals surface area contributed by atoms with Gasteiger partial charge in [0.1, 0.15) is 24.3 Å². The molecule has 15 heteroatoms. The van der Waals surface area contributed by atoms with E-state index in [1.54, 1.807) is 24.5 Å². The number of anilines is 2. The van der Waals surface area contributed by atoms with Gasteiger partial charge in [0.25, 0.3) is 5.91 Å². The minimum Gasteiger partial charge on any atom is -0.492 e. The van der Waals surface area contributed by atoms with Crippen LogP contribution in [-0.4, -0.2) is 78.9 Å².